The molecule has 0 saturated carbocycles. The minimum absolute atomic E-state index is 0.178. The quantitative estimate of drug-likeness (QED) is 0.603. The average Bonchev–Trinajstić information content (AvgIpc) is 3.40. The number of fused-ring (bicyclic) bond motifs is 4. The Kier molecular flexibility index (Phi) is 5.27. The molecule has 2 aliphatic rings. The molecule has 2 atom stereocenters. The van der Waals surface area contributed by atoms with Crippen LogP contribution in [0.15, 0.2) is 66.9 Å². The molecule has 2 aromatic carbocycles. The van der Waals surface area contributed by atoms with E-state index in [2.05, 4.69) is 10.4 Å². The molecule has 1 N–H and O–H groups in total. The fourth-order valence-corrected chi connectivity index (χ4v) is 4.16. The van der Waals surface area contributed by atoms with Gasteiger partial charge in [-0.2, -0.15) is 14.8 Å². The number of carbonyl (C=O) groups excluding carboxylic acids is 3. The van der Waals surface area contributed by atoms with Crippen LogP contribution in [0, 0.1) is 0 Å². The SMILES string of the molecule is COC(=O)[C@@H]1c2c(cnn2C(=O)Nc2ccccc2)[C@@H]2CN1C(=O)N2OCc1ccccc1. The highest BCUT2D eigenvalue weighted by Crippen LogP contribution is 2.44. The van der Waals surface area contributed by atoms with Crippen LogP contribution >= 0.6 is 0 Å². The lowest BCUT2D eigenvalue weighted by molar-refractivity contribution is -0.146. The molecule has 3 aromatic rings. The van der Waals surface area contributed by atoms with Crippen LogP contribution in [0.2, 0.25) is 0 Å². The predicted molar refractivity (Wildman–Crippen MR) is 116 cm³/mol. The zero-order chi connectivity index (χ0) is 22.9. The van der Waals surface area contributed by atoms with E-state index < -0.39 is 30.1 Å². The van der Waals surface area contributed by atoms with Crippen molar-refractivity contribution in [1.82, 2.24) is 19.7 Å². The fraction of sp³-hybridized carbons (Fsp3) is 0.217. The van der Waals surface area contributed by atoms with E-state index in [0.717, 1.165) is 10.2 Å². The molecular weight excluding hydrogens is 426 g/mol. The summed E-state index contributed by atoms with van der Waals surface area (Å²) in [6.07, 6.45) is 1.50. The number of benzene rings is 2. The van der Waals surface area contributed by atoms with Crippen molar-refractivity contribution in [2.45, 2.75) is 18.7 Å². The Balaban J connectivity index is 1.48. The molecule has 1 aromatic heterocycles. The lowest BCUT2D eigenvalue weighted by Gasteiger charge is -2.29. The Morgan fingerprint density at radius 2 is 1.79 bits per heavy atom. The summed E-state index contributed by atoms with van der Waals surface area (Å²) in [5.74, 6) is -0.665. The van der Waals surface area contributed by atoms with Gasteiger partial charge < -0.3 is 15.0 Å². The molecule has 0 unspecified atom stereocenters. The van der Waals surface area contributed by atoms with E-state index >= 15 is 0 Å². The van der Waals surface area contributed by atoms with Gasteiger partial charge in [0.15, 0.2) is 6.04 Å². The predicted octanol–water partition coefficient (Wildman–Crippen LogP) is 3.10. The average molecular weight is 447 g/mol. The van der Waals surface area contributed by atoms with Gasteiger partial charge in [-0.05, 0) is 17.7 Å². The number of hydrogen-bond acceptors (Lipinski definition) is 6. The van der Waals surface area contributed by atoms with E-state index in [1.165, 1.54) is 23.3 Å². The molecule has 0 radical (unpaired) electrons. The van der Waals surface area contributed by atoms with E-state index in [-0.39, 0.29) is 18.8 Å². The Hall–Kier alpha value is -4.18. The molecule has 3 amide bonds. The molecule has 5 rings (SSSR count). The van der Waals surface area contributed by atoms with Gasteiger partial charge in [0.25, 0.3) is 0 Å². The number of amides is 3. The third-order valence-electron chi connectivity index (χ3n) is 5.71. The second-order valence-corrected chi connectivity index (χ2v) is 7.65. The van der Waals surface area contributed by atoms with Gasteiger partial charge in [-0.3, -0.25) is 4.84 Å². The van der Waals surface area contributed by atoms with Crippen molar-refractivity contribution >= 4 is 23.7 Å². The van der Waals surface area contributed by atoms with Crippen LogP contribution in [0.25, 0.3) is 0 Å². The summed E-state index contributed by atoms with van der Waals surface area (Å²) in [6.45, 7) is 0.393. The van der Waals surface area contributed by atoms with Gasteiger partial charge in [0, 0.05) is 11.3 Å². The van der Waals surface area contributed by atoms with Gasteiger partial charge >= 0.3 is 18.0 Å². The molecule has 3 heterocycles. The molecule has 10 nitrogen and oxygen atoms in total. The van der Waals surface area contributed by atoms with E-state index in [4.69, 9.17) is 9.57 Å². The van der Waals surface area contributed by atoms with Crippen molar-refractivity contribution in [3.8, 4) is 0 Å². The summed E-state index contributed by atoms with van der Waals surface area (Å²) >= 11 is 0. The summed E-state index contributed by atoms with van der Waals surface area (Å²) in [4.78, 5) is 46.1. The monoisotopic (exact) mass is 447 g/mol. The Bertz CT molecular complexity index is 1200. The van der Waals surface area contributed by atoms with Crippen LogP contribution in [0.3, 0.4) is 0 Å². The van der Waals surface area contributed by atoms with E-state index in [9.17, 15) is 14.4 Å². The number of hydrogen-bond donors (Lipinski definition) is 1. The fourth-order valence-electron chi connectivity index (χ4n) is 4.16. The first-order valence-corrected chi connectivity index (χ1v) is 10.4. The minimum atomic E-state index is -1.12. The van der Waals surface area contributed by atoms with Gasteiger partial charge in [0.2, 0.25) is 0 Å². The maximum atomic E-state index is 13.2. The highest BCUT2D eigenvalue weighted by Gasteiger charge is 2.54. The largest absolute Gasteiger partial charge is 0.467 e. The van der Waals surface area contributed by atoms with Crippen molar-refractivity contribution < 1.29 is 24.0 Å². The molecule has 10 heteroatoms. The maximum absolute atomic E-state index is 13.2. The van der Waals surface area contributed by atoms with Crippen molar-refractivity contribution in [2.75, 3.05) is 19.0 Å². The second-order valence-electron chi connectivity index (χ2n) is 7.65. The smallest absolute Gasteiger partial charge is 0.346 e. The molecule has 0 aliphatic carbocycles. The number of nitrogens with zero attached hydrogens (tertiary/aromatic N) is 4. The summed E-state index contributed by atoms with van der Waals surface area (Å²) < 4.78 is 6.08. The van der Waals surface area contributed by atoms with Gasteiger partial charge in [0.1, 0.15) is 12.6 Å². The van der Waals surface area contributed by atoms with Crippen molar-refractivity contribution in [1.29, 1.82) is 0 Å². The highest BCUT2D eigenvalue weighted by molar-refractivity contribution is 5.93. The number of methoxy groups -OCH3 is 1. The van der Waals surface area contributed by atoms with Crippen molar-refractivity contribution in [3.05, 3.63) is 83.7 Å². The van der Waals surface area contributed by atoms with Crippen molar-refractivity contribution in [2.24, 2.45) is 0 Å². The number of ether oxygens (including phenoxy) is 1. The van der Waals surface area contributed by atoms with Crippen LogP contribution in [-0.2, 0) is 21.0 Å². The molecule has 1 saturated heterocycles. The van der Waals surface area contributed by atoms with Gasteiger partial charge in [-0.25, -0.2) is 14.4 Å². The summed E-state index contributed by atoms with van der Waals surface area (Å²) in [6, 6.07) is 15.7. The standard InChI is InChI=1S/C23H21N5O5/c1-32-21(29)20-19-17(12-24-27(19)22(30)25-16-10-6-3-7-11-16)18-13-26(20)23(31)28(18)33-14-15-8-4-2-5-9-15/h2-12,18,20H,13-14H2,1H3,(H,25,30)/t18-,20-/m0/s1. The van der Waals surface area contributed by atoms with Gasteiger partial charge in [-0.15, -0.1) is 0 Å². The van der Waals surface area contributed by atoms with E-state index in [1.807, 2.05) is 36.4 Å². The van der Waals surface area contributed by atoms with Gasteiger partial charge in [0.05, 0.1) is 25.5 Å². The number of hydroxylamine groups is 2. The maximum Gasteiger partial charge on any atom is 0.346 e. The zero-order valence-corrected chi connectivity index (χ0v) is 17.7. The Morgan fingerprint density at radius 1 is 1.09 bits per heavy atom. The number of nitrogens with one attached hydrogen (secondary N) is 1. The number of aromatic nitrogens is 2. The van der Waals surface area contributed by atoms with Gasteiger partial charge in [-0.1, -0.05) is 48.5 Å². The van der Waals surface area contributed by atoms with Crippen LogP contribution < -0.4 is 5.32 Å². The van der Waals surface area contributed by atoms with Crippen LogP contribution in [0.4, 0.5) is 15.3 Å². The number of carbonyl (C=O) groups is 3. The van der Waals surface area contributed by atoms with Crippen molar-refractivity contribution in [3.63, 3.8) is 0 Å². The first-order valence-electron chi connectivity index (χ1n) is 10.4. The van der Waals surface area contributed by atoms with E-state index in [0.29, 0.717) is 11.3 Å². The summed E-state index contributed by atoms with van der Waals surface area (Å²) in [5.41, 5.74) is 2.31. The second kappa shape index (κ2) is 8.40. The zero-order valence-electron chi connectivity index (χ0n) is 17.7. The number of rotatable bonds is 5. The molecule has 2 bridgehead atoms. The van der Waals surface area contributed by atoms with Crippen LogP contribution in [0.5, 0.6) is 0 Å². The lowest BCUT2D eigenvalue weighted by Crippen LogP contribution is -2.41. The third kappa shape index (κ3) is 3.60. The normalized spacial score (nSPS) is 18.8. The topological polar surface area (TPSA) is 106 Å². The molecule has 1 fully saturated rings. The van der Waals surface area contributed by atoms with Crippen LogP contribution in [-0.4, -0.2) is 51.4 Å². The Morgan fingerprint density at radius 3 is 2.48 bits per heavy atom. The molecule has 2 aliphatic heterocycles. The third-order valence-corrected chi connectivity index (χ3v) is 5.71. The first-order chi connectivity index (χ1) is 16.1. The number of anilines is 1. The summed E-state index contributed by atoms with van der Waals surface area (Å²) in [7, 11) is 1.24. The molecular formula is C23H21N5O5. The minimum Gasteiger partial charge on any atom is -0.467 e. The summed E-state index contributed by atoms with van der Waals surface area (Å²) in [5, 5.41) is 8.23. The Labute approximate surface area is 189 Å². The number of esters is 1. The molecule has 33 heavy (non-hydrogen) atoms. The number of urea groups is 1. The molecule has 0 spiro atoms. The van der Waals surface area contributed by atoms with Crippen LogP contribution in [0.1, 0.15) is 28.9 Å². The number of para-hydroxylation sites is 1. The van der Waals surface area contributed by atoms with E-state index in [1.54, 1.807) is 24.3 Å². The molecule has 168 valence electrons. The highest BCUT2D eigenvalue weighted by atomic mass is 16.7. The first kappa shape index (κ1) is 20.7. The lowest BCUT2D eigenvalue weighted by atomic mass is 9.98.